The Morgan fingerprint density at radius 1 is 1.35 bits per heavy atom. The summed E-state index contributed by atoms with van der Waals surface area (Å²) in [4.78, 5) is 12.8. The van der Waals surface area contributed by atoms with Gasteiger partial charge in [-0.3, -0.25) is 4.79 Å². The smallest absolute Gasteiger partial charge is 0.233 e. The van der Waals surface area contributed by atoms with E-state index < -0.39 is 5.41 Å². The summed E-state index contributed by atoms with van der Waals surface area (Å²) in [7, 11) is 0. The molecule has 1 atom stereocenters. The van der Waals surface area contributed by atoms with Gasteiger partial charge in [0.15, 0.2) is 0 Å². The summed E-state index contributed by atoms with van der Waals surface area (Å²) in [6, 6.07) is 0.274. The lowest BCUT2D eigenvalue weighted by Gasteiger charge is -2.35. The molecule has 17 heavy (non-hydrogen) atoms. The number of carbonyl (C=O) groups excluding carboxylic acids is 1. The van der Waals surface area contributed by atoms with Crippen LogP contribution in [0.4, 0.5) is 0 Å². The van der Waals surface area contributed by atoms with Crippen LogP contribution in [0.3, 0.4) is 0 Å². The number of amides is 1. The second-order valence-electron chi connectivity index (χ2n) is 5.61. The van der Waals surface area contributed by atoms with Gasteiger partial charge in [0, 0.05) is 6.04 Å². The summed E-state index contributed by atoms with van der Waals surface area (Å²) in [5, 5.41) is 3.13. The van der Waals surface area contributed by atoms with Crippen LogP contribution >= 0.6 is 12.2 Å². The molecule has 0 aliphatic heterocycles. The van der Waals surface area contributed by atoms with Crippen molar-refractivity contribution in [2.45, 2.75) is 57.9 Å². The molecule has 1 unspecified atom stereocenters. The Morgan fingerprint density at radius 2 is 1.94 bits per heavy atom. The number of hydrogen-bond donors (Lipinski definition) is 2. The largest absolute Gasteiger partial charge is 0.392 e. The van der Waals surface area contributed by atoms with E-state index >= 15 is 0 Å². The maximum Gasteiger partial charge on any atom is 0.233 e. The van der Waals surface area contributed by atoms with Crippen LogP contribution in [-0.4, -0.2) is 16.9 Å². The van der Waals surface area contributed by atoms with E-state index in [0.29, 0.717) is 10.9 Å². The van der Waals surface area contributed by atoms with E-state index in [-0.39, 0.29) is 11.9 Å². The fourth-order valence-electron chi connectivity index (χ4n) is 2.80. The predicted octanol–water partition coefficient (Wildman–Crippen LogP) is 2.14. The Labute approximate surface area is 109 Å². The Morgan fingerprint density at radius 3 is 2.41 bits per heavy atom. The van der Waals surface area contributed by atoms with Crippen LogP contribution in [0.2, 0.25) is 0 Å². The summed E-state index contributed by atoms with van der Waals surface area (Å²) in [6.07, 6.45) is 7.43. The van der Waals surface area contributed by atoms with Gasteiger partial charge in [-0.2, -0.15) is 0 Å². The summed E-state index contributed by atoms with van der Waals surface area (Å²) in [5.74, 6) is 0.745. The first kappa shape index (κ1) is 12.8. The molecule has 3 nitrogen and oxygen atoms in total. The number of nitrogens with two attached hydrogens (primary N) is 1. The average Bonchev–Trinajstić information content (AvgIpc) is 3.13. The van der Waals surface area contributed by atoms with Gasteiger partial charge in [-0.25, -0.2) is 0 Å². The van der Waals surface area contributed by atoms with Gasteiger partial charge in [-0.05, 0) is 38.5 Å². The molecule has 4 heteroatoms. The minimum atomic E-state index is -0.559. The molecule has 0 radical (unpaired) electrons. The van der Waals surface area contributed by atoms with Crippen molar-refractivity contribution >= 4 is 23.1 Å². The predicted molar refractivity (Wildman–Crippen MR) is 72.6 cm³/mol. The van der Waals surface area contributed by atoms with Gasteiger partial charge >= 0.3 is 0 Å². The first-order chi connectivity index (χ1) is 8.06. The van der Waals surface area contributed by atoms with Gasteiger partial charge in [-0.1, -0.05) is 31.5 Å². The van der Waals surface area contributed by atoms with Crippen LogP contribution < -0.4 is 11.1 Å². The molecule has 1 amide bonds. The minimum Gasteiger partial charge on any atom is -0.392 e. The Bertz CT molecular complexity index is 319. The van der Waals surface area contributed by atoms with Crippen molar-refractivity contribution in [2.24, 2.45) is 17.1 Å². The maximum atomic E-state index is 12.4. The van der Waals surface area contributed by atoms with Crippen molar-refractivity contribution in [3.63, 3.8) is 0 Å². The van der Waals surface area contributed by atoms with Crippen LogP contribution in [0, 0.1) is 11.3 Å². The monoisotopic (exact) mass is 254 g/mol. The fourth-order valence-corrected chi connectivity index (χ4v) is 3.10. The van der Waals surface area contributed by atoms with Crippen LogP contribution in [0.5, 0.6) is 0 Å². The molecule has 0 aromatic carbocycles. The molecular formula is C13H22N2OS. The lowest BCUT2D eigenvalue weighted by atomic mass is 9.73. The molecule has 2 aliphatic rings. The molecule has 2 saturated carbocycles. The highest BCUT2D eigenvalue weighted by Crippen LogP contribution is 2.38. The second-order valence-corrected chi connectivity index (χ2v) is 6.05. The third-order valence-electron chi connectivity index (χ3n) is 4.30. The van der Waals surface area contributed by atoms with Crippen molar-refractivity contribution < 1.29 is 4.79 Å². The van der Waals surface area contributed by atoms with E-state index in [9.17, 15) is 4.79 Å². The van der Waals surface area contributed by atoms with Gasteiger partial charge in [0.1, 0.15) is 0 Å². The molecular weight excluding hydrogens is 232 g/mol. The quantitative estimate of drug-likeness (QED) is 0.756. The van der Waals surface area contributed by atoms with Gasteiger partial charge < -0.3 is 11.1 Å². The fraction of sp³-hybridized carbons (Fsp3) is 0.846. The normalized spacial score (nSPS) is 25.0. The zero-order valence-corrected chi connectivity index (χ0v) is 11.3. The third-order valence-corrected chi connectivity index (χ3v) is 4.69. The van der Waals surface area contributed by atoms with Crippen LogP contribution in [0.25, 0.3) is 0 Å². The van der Waals surface area contributed by atoms with Crippen molar-refractivity contribution in [1.29, 1.82) is 0 Å². The Balaban J connectivity index is 2.03. The molecule has 0 aromatic rings. The first-order valence-electron chi connectivity index (χ1n) is 6.67. The van der Waals surface area contributed by atoms with Crippen molar-refractivity contribution in [3.8, 4) is 0 Å². The molecule has 0 heterocycles. The molecule has 0 aromatic heterocycles. The van der Waals surface area contributed by atoms with E-state index in [1.54, 1.807) is 0 Å². The highest BCUT2D eigenvalue weighted by molar-refractivity contribution is 7.80. The topological polar surface area (TPSA) is 55.1 Å². The van der Waals surface area contributed by atoms with Gasteiger partial charge in [0.2, 0.25) is 5.91 Å². The van der Waals surface area contributed by atoms with E-state index in [2.05, 4.69) is 12.2 Å². The average molecular weight is 254 g/mol. The van der Waals surface area contributed by atoms with Crippen molar-refractivity contribution in [2.75, 3.05) is 0 Å². The standard InChI is InChI=1S/C13H22N2OS/c1-9(10-5-6-10)15-12(16)13(11(14)17)7-3-2-4-8-13/h9-10H,2-8H2,1H3,(H2,14,17)(H,15,16). The summed E-state index contributed by atoms with van der Waals surface area (Å²) in [6.45, 7) is 2.09. The second kappa shape index (κ2) is 4.92. The van der Waals surface area contributed by atoms with Gasteiger partial charge in [0.25, 0.3) is 0 Å². The molecule has 0 spiro atoms. The minimum absolute atomic E-state index is 0.0732. The van der Waals surface area contributed by atoms with Gasteiger partial charge in [-0.15, -0.1) is 0 Å². The van der Waals surface area contributed by atoms with E-state index in [4.69, 9.17) is 18.0 Å². The highest BCUT2D eigenvalue weighted by atomic mass is 32.1. The summed E-state index contributed by atoms with van der Waals surface area (Å²) < 4.78 is 0. The van der Waals surface area contributed by atoms with Crippen LogP contribution in [0.15, 0.2) is 0 Å². The Hall–Kier alpha value is -0.640. The molecule has 0 bridgehead atoms. The van der Waals surface area contributed by atoms with E-state index in [1.165, 1.54) is 19.3 Å². The SMILES string of the molecule is CC(NC(=O)C1(C(N)=S)CCCCC1)C1CC1. The first-order valence-corrected chi connectivity index (χ1v) is 7.08. The number of nitrogens with one attached hydrogen (secondary N) is 1. The highest BCUT2D eigenvalue weighted by Gasteiger charge is 2.43. The summed E-state index contributed by atoms with van der Waals surface area (Å²) in [5.41, 5.74) is 5.28. The van der Waals surface area contributed by atoms with Crippen LogP contribution in [0.1, 0.15) is 51.9 Å². The molecule has 0 saturated heterocycles. The van der Waals surface area contributed by atoms with Gasteiger partial charge in [0.05, 0.1) is 10.4 Å². The molecule has 3 N–H and O–H groups in total. The maximum absolute atomic E-state index is 12.4. The number of hydrogen-bond acceptors (Lipinski definition) is 2. The van der Waals surface area contributed by atoms with E-state index in [0.717, 1.165) is 25.7 Å². The third kappa shape index (κ3) is 2.62. The number of carbonyl (C=O) groups is 1. The molecule has 2 fully saturated rings. The molecule has 96 valence electrons. The zero-order chi connectivity index (χ0) is 12.5. The van der Waals surface area contributed by atoms with Crippen LogP contribution in [-0.2, 0) is 4.79 Å². The Kier molecular flexibility index (Phi) is 3.71. The summed E-state index contributed by atoms with van der Waals surface area (Å²) >= 11 is 5.15. The zero-order valence-electron chi connectivity index (χ0n) is 10.5. The van der Waals surface area contributed by atoms with Crippen molar-refractivity contribution in [1.82, 2.24) is 5.32 Å². The van der Waals surface area contributed by atoms with Crippen molar-refractivity contribution in [3.05, 3.63) is 0 Å². The molecule has 2 aliphatic carbocycles. The number of thiocarbonyl (C=S) groups is 1. The van der Waals surface area contributed by atoms with E-state index in [1.807, 2.05) is 0 Å². The lowest BCUT2D eigenvalue weighted by molar-refractivity contribution is -0.129. The lowest BCUT2D eigenvalue weighted by Crippen LogP contribution is -2.52. The number of rotatable bonds is 4. The molecule has 2 rings (SSSR count).